The summed E-state index contributed by atoms with van der Waals surface area (Å²) in [6.07, 6.45) is 3.08. The van der Waals surface area contributed by atoms with Crippen LogP contribution in [0.5, 0.6) is 0 Å². The van der Waals surface area contributed by atoms with E-state index in [1.54, 1.807) is 11.8 Å². The van der Waals surface area contributed by atoms with E-state index >= 15 is 0 Å². The van der Waals surface area contributed by atoms with Crippen LogP contribution < -0.4 is 10.6 Å². The number of benzene rings is 1. The summed E-state index contributed by atoms with van der Waals surface area (Å²) in [6.45, 7) is 2.70. The van der Waals surface area contributed by atoms with Crippen molar-refractivity contribution in [3.63, 3.8) is 0 Å². The second-order valence-electron chi connectivity index (χ2n) is 5.61. The van der Waals surface area contributed by atoms with Crippen LogP contribution in [-0.4, -0.2) is 41.8 Å². The van der Waals surface area contributed by atoms with Gasteiger partial charge in [0.15, 0.2) is 0 Å². The van der Waals surface area contributed by atoms with E-state index in [1.165, 1.54) is 5.56 Å². The SMILES string of the molecule is CSC(CO)C(C)NC(=O)NCC1CC1c1ccccc1. The summed E-state index contributed by atoms with van der Waals surface area (Å²) >= 11 is 1.56. The molecule has 4 atom stereocenters. The lowest BCUT2D eigenvalue weighted by Gasteiger charge is -2.21. The zero-order chi connectivity index (χ0) is 15.2. The van der Waals surface area contributed by atoms with Crippen molar-refractivity contribution in [1.82, 2.24) is 10.6 Å². The first kappa shape index (κ1) is 16.2. The summed E-state index contributed by atoms with van der Waals surface area (Å²) in [5.41, 5.74) is 1.36. The van der Waals surface area contributed by atoms with Crippen LogP contribution in [0.25, 0.3) is 0 Å². The van der Waals surface area contributed by atoms with Crippen molar-refractivity contribution < 1.29 is 9.90 Å². The fourth-order valence-electron chi connectivity index (χ4n) is 2.59. The molecule has 2 rings (SSSR count). The minimum absolute atomic E-state index is 0.0359. The molecule has 21 heavy (non-hydrogen) atoms. The zero-order valence-electron chi connectivity index (χ0n) is 12.6. The highest BCUT2D eigenvalue weighted by atomic mass is 32.2. The first-order chi connectivity index (χ1) is 10.2. The number of amides is 2. The highest BCUT2D eigenvalue weighted by molar-refractivity contribution is 7.99. The molecule has 116 valence electrons. The molecule has 4 unspecified atom stereocenters. The van der Waals surface area contributed by atoms with E-state index in [9.17, 15) is 9.90 Å². The largest absolute Gasteiger partial charge is 0.395 e. The van der Waals surface area contributed by atoms with Gasteiger partial charge in [0.05, 0.1) is 6.61 Å². The maximum Gasteiger partial charge on any atom is 0.315 e. The third-order valence-corrected chi connectivity index (χ3v) is 5.24. The molecule has 0 aliphatic heterocycles. The van der Waals surface area contributed by atoms with Crippen LogP contribution in [0.4, 0.5) is 4.79 Å². The Labute approximate surface area is 130 Å². The van der Waals surface area contributed by atoms with Crippen molar-refractivity contribution in [3.8, 4) is 0 Å². The van der Waals surface area contributed by atoms with E-state index in [2.05, 4.69) is 34.9 Å². The monoisotopic (exact) mass is 308 g/mol. The third-order valence-electron chi connectivity index (χ3n) is 4.07. The van der Waals surface area contributed by atoms with Gasteiger partial charge in [0, 0.05) is 17.8 Å². The number of rotatable bonds is 7. The predicted octanol–water partition coefficient (Wildman–Crippen LogP) is 2.20. The van der Waals surface area contributed by atoms with Gasteiger partial charge in [-0.1, -0.05) is 30.3 Å². The summed E-state index contributed by atoms with van der Waals surface area (Å²) in [7, 11) is 0. The van der Waals surface area contributed by atoms with E-state index in [-0.39, 0.29) is 23.9 Å². The normalized spacial score (nSPS) is 23.2. The van der Waals surface area contributed by atoms with Crippen LogP contribution >= 0.6 is 11.8 Å². The zero-order valence-corrected chi connectivity index (χ0v) is 13.4. The van der Waals surface area contributed by atoms with Gasteiger partial charge in [-0.3, -0.25) is 0 Å². The topological polar surface area (TPSA) is 61.4 Å². The summed E-state index contributed by atoms with van der Waals surface area (Å²) in [6, 6.07) is 10.3. The number of thioether (sulfide) groups is 1. The third kappa shape index (κ3) is 4.64. The summed E-state index contributed by atoms with van der Waals surface area (Å²) < 4.78 is 0. The number of urea groups is 1. The van der Waals surface area contributed by atoms with E-state index in [0.29, 0.717) is 18.4 Å². The highest BCUT2D eigenvalue weighted by Crippen LogP contribution is 2.46. The van der Waals surface area contributed by atoms with Gasteiger partial charge in [0.1, 0.15) is 0 Å². The van der Waals surface area contributed by atoms with Crippen LogP contribution in [0, 0.1) is 5.92 Å². The fraction of sp³-hybridized carbons (Fsp3) is 0.562. The van der Waals surface area contributed by atoms with Crippen LogP contribution in [0.3, 0.4) is 0 Å². The Morgan fingerprint density at radius 2 is 2.14 bits per heavy atom. The molecule has 0 aromatic heterocycles. The Kier molecular flexibility index (Phi) is 5.94. The van der Waals surface area contributed by atoms with Gasteiger partial charge in [-0.15, -0.1) is 0 Å². The van der Waals surface area contributed by atoms with Crippen molar-refractivity contribution in [1.29, 1.82) is 0 Å². The second kappa shape index (κ2) is 7.71. The first-order valence-corrected chi connectivity index (χ1v) is 8.67. The summed E-state index contributed by atoms with van der Waals surface area (Å²) in [5.74, 6) is 1.13. The molecular weight excluding hydrogens is 284 g/mol. The van der Waals surface area contributed by atoms with Gasteiger partial charge in [-0.2, -0.15) is 11.8 Å². The van der Waals surface area contributed by atoms with E-state index in [1.807, 2.05) is 19.2 Å². The lowest BCUT2D eigenvalue weighted by molar-refractivity contribution is 0.232. The van der Waals surface area contributed by atoms with Gasteiger partial charge in [0.2, 0.25) is 0 Å². The van der Waals surface area contributed by atoms with Crippen molar-refractivity contribution in [2.24, 2.45) is 5.92 Å². The maximum absolute atomic E-state index is 11.9. The van der Waals surface area contributed by atoms with Crippen LogP contribution in [-0.2, 0) is 0 Å². The Bertz CT molecular complexity index is 451. The molecule has 1 fully saturated rings. The van der Waals surface area contributed by atoms with Gasteiger partial charge >= 0.3 is 6.03 Å². The molecule has 5 heteroatoms. The molecule has 1 aromatic carbocycles. The average molecular weight is 308 g/mol. The Morgan fingerprint density at radius 3 is 2.76 bits per heavy atom. The molecule has 1 aromatic rings. The number of carbonyl (C=O) groups is 1. The molecule has 0 saturated heterocycles. The van der Waals surface area contributed by atoms with Gasteiger partial charge in [-0.05, 0) is 37.0 Å². The van der Waals surface area contributed by atoms with Gasteiger partial charge in [0.25, 0.3) is 0 Å². The molecule has 1 saturated carbocycles. The number of hydrogen-bond acceptors (Lipinski definition) is 3. The number of carbonyl (C=O) groups excluding carboxylic acids is 1. The maximum atomic E-state index is 11.9. The standard InChI is InChI=1S/C16H24N2O2S/c1-11(15(10-19)21-2)18-16(20)17-9-13-8-14(13)12-6-4-3-5-7-12/h3-7,11,13-15,19H,8-10H2,1-2H3,(H2,17,18,20). The van der Waals surface area contributed by atoms with Crippen molar-refractivity contribution in [2.75, 3.05) is 19.4 Å². The van der Waals surface area contributed by atoms with E-state index < -0.39 is 0 Å². The van der Waals surface area contributed by atoms with Crippen molar-refractivity contribution >= 4 is 17.8 Å². The number of aliphatic hydroxyl groups excluding tert-OH is 1. The summed E-state index contributed by atoms with van der Waals surface area (Å²) in [4.78, 5) is 11.9. The Morgan fingerprint density at radius 1 is 1.43 bits per heavy atom. The van der Waals surface area contributed by atoms with Crippen molar-refractivity contribution in [2.45, 2.75) is 30.6 Å². The molecule has 1 aliphatic carbocycles. The van der Waals surface area contributed by atoms with E-state index in [0.717, 1.165) is 6.42 Å². The molecule has 0 heterocycles. The smallest absolute Gasteiger partial charge is 0.315 e. The van der Waals surface area contributed by atoms with Gasteiger partial charge < -0.3 is 15.7 Å². The summed E-state index contributed by atoms with van der Waals surface area (Å²) in [5, 5.41) is 15.1. The molecule has 0 bridgehead atoms. The van der Waals surface area contributed by atoms with Crippen LogP contribution in [0.2, 0.25) is 0 Å². The molecule has 0 spiro atoms. The number of hydrogen-bond donors (Lipinski definition) is 3. The Balaban J connectivity index is 1.69. The number of aliphatic hydroxyl groups is 1. The highest BCUT2D eigenvalue weighted by Gasteiger charge is 2.38. The molecule has 3 N–H and O–H groups in total. The average Bonchev–Trinajstić information content (AvgIpc) is 3.27. The quantitative estimate of drug-likeness (QED) is 0.724. The van der Waals surface area contributed by atoms with Gasteiger partial charge in [-0.25, -0.2) is 4.79 Å². The minimum atomic E-state index is -0.145. The molecule has 2 amide bonds. The molecule has 1 aliphatic rings. The minimum Gasteiger partial charge on any atom is -0.395 e. The fourth-order valence-corrected chi connectivity index (χ4v) is 3.22. The second-order valence-corrected chi connectivity index (χ2v) is 6.69. The number of nitrogens with one attached hydrogen (secondary N) is 2. The molecule has 0 radical (unpaired) electrons. The first-order valence-electron chi connectivity index (χ1n) is 7.38. The Hall–Kier alpha value is -1.20. The molecule has 4 nitrogen and oxygen atoms in total. The van der Waals surface area contributed by atoms with Crippen LogP contribution in [0.1, 0.15) is 24.8 Å². The predicted molar refractivity (Wildman–Crippen MR) is 87.7 cm³/mol. The van der Waals surface area contributed by atoms with Crippen molar-refractivity contribution in [3.05, 3.63) is 35.9 Å². The molecular formula is C16H24N2O2S. The lowest BCUT2D eigenvalue weighted by Crippen LogP contribution is -2.46. The van der Waals surface area contributed by atoms with E-state index in [4.69, 9.17) is 0 Å². The van der Waals surface area contributed by atoms with Crippen LogP contribution in [0.15, 0.2) is 30.3 Å². The lowest BCUT2D eigenvalue weighted by atomic mass is 10.1.